The van der Waals surface area contributed by atoms with Gasteiger partial charge in [-0.3, -0.25) is 4.79 Å². The van der Waals surface area contributed by atoms with Crippen molar-refractivity contribution in [1.29, 1.82) is 0 Å². The van der Waals surface area contributed by atoms with E-state index in [0.29, 0.717) is 5.92 Å². The molecule has 1 unspecified atom stereocenters. The van der Waals surface area contributed by atoms with Crippen LogP contribution in [-0.2, 0) is 4.79 Å². The zero-order chi connectivity index (χ0) is 15.9. The van der Waals surface area contributed by atoms with E-state index in [2.05, 4.69) is 37.4 Å². The number of anilines is 1. The molecule has 0 heterocycles. The number of hydrogen-bond acceptors (Lipinski definition) is 2. The molecule has 22 heavy (non-hydrogen) atoms. The molecule has 2 aromatic rings. The highest BCUT2D eigenvalue weighted by atomic mass is 32.2. The highest BCUT2D eigenvalue weighted by molar-refractivity contribution is 7.99. The number of nitrogens with one attached hydrogen (secondary N) is 1. The third-order valence-electron chi connectivity index (χ3n) is 3.53. The molecule has 2 rings (SSSR count). The Morgan fingerprint density at radius 1 is 1.00 bits per heavy atom. The fourth-order valence-electron chi connectivity index (χ4n) is 2.18. The predicted octanol–water partition coefficient (Wildman–Crippen LogP) is 5.18. The monoisotopic (exact) mass is 313 g/mol. The summed E-state index contributed by atoms with van der Waals surface area (Å²) in [5.41, 5.74) is 2.11. The standard InChI is InChI=1S/C19H23NOS/c1-14(2)17-11-7-8-12-18(17)20-19(21)15(3)13-22-16-9-5-4-6-10-16/h4-12,14-15H,13H2,1-3H3,(H,20,21). The molecule has 0 fully saturated rings. The topological polar surface area (TPSA) is 29.1 Å². The first-order chi connectivity index (χ1) is 10.6. The molecule has 0 spiro atoms. The number of thioether (sulfide) groups is 1. The van der Waals surface area contributed by atoms with Crippen molar-refractivity contribution in [3.05, 3.63) is 60.2 Å². The summed E-state index contributed by atoms with van der Waals surface area (Å²) in [6.07, 6.45) is 0. The lowest BCUT2D eigenvalue weighted by Crippen LogP contribution is -2.22. The van der Waals surface area contributed by atoms with E-state index in [0.717, 1.165) is 11.4 Å². The maximum absolute atomic E-state index is 12.4. The van der Waals surface area contributed by atoms with Crippen LogP contribution in [0, 0.1) is 5.92 Å². The van der Waals surface area contributed by atoms with Crippen LogP contribution < -0.4 is 5.32 Å². The van der Waals surface area contributed by atoms with E-state index in [4.69, 9.17) is 0 Å². The Bertz CT molecular complexity index is 610. The molecule has 0 aliphatic heterocycles. The Kier molecular flexibility index (Phi) is 6.08. The van der Waals surface area contributed by atoms with E-state index in [1.165, 1.54) is 10.5 Å². The zero-order valence-electron chi connectivity index (χ0n) is 13.4. The lowest BCUT2D eigenvalue weighted by molar-refractivity contribution is -0.118. The van der Waals surface area contributed by atoms with Crippen LogP contribution in [0.15, 0.2) is 59.5 Å². The highest BCUT2D eigenvalue weighted by Crippen LogP contribution is 2.25. The van der Waals surface area contributed by atoms with E-state index in [-0.39, 0.29) is 11.8 Å². The van der Waals surface area contributed by atoms with Gasteiger partial charge < -0.3 is 5.32 Å². The number of para-hydroxylation sites is 1. The smallest absolute Gasteiger partial charge is 0.228 e. The van der Waals surface area contributed by atoms with Gasteiger partial charge in [0.2, 0.25) is 5.91 Å². The minimum Gasteiger partial charge on any atom is -0.326 e. The normalized spacial score (nSPS) is 12.2. The van der Waals surface area contributed by atoms with Gasteiger partial charge in [-0.1, -0.05) is 57.2 Å². The summed E-state index contributed by atoms with van der Waals surface area (Å²) in [4.78, 5) is 13.6. The van der Waals surface area contributed by atoms with Crippen molar-refractivity contribution in [3.63, 3.8) is 0 Å². The number of carbonyl (C=O) groups excluding carboxylic acids is 1. The van der Waals surface area contributed by atoms with Crippen LogP contribution in [0.1, 0.15) is 32.3 Å². The van der Waals surface area contributed by atoms with Crippen molar-refractivity contribution in [2.24, 2.45) is 5.92 Å². The lowest BCUT2D eigenvalue weighted by atomic mass is 10.0. The fourth-order valence-corrected chi connectivity index (χ4v) is 3.13. The second-order valence-corrected chi connectivity index (χ2v) is 6.85. The van der Waals surface area contributed by atoms with E-state index in [1.54, 1.807) is 11.8 Å². The molecule has 2 aromatic carbocycles. The second-order valence-electron chi connectivity index (χ2n) is 5.76. The molecule has 116 valence electrons. The molecule has 0 aliphatic rings. The summed E-state index contributed by atoms with van der Waals surface area (Å²) in [5, 5.41) is 3.08. The van der Waals surface area contributed by atoms with Gasteiger partial charge in [-0.2, -0.15) is 0 Å². The van der Waals surface area contributed by atoms with Crippen molar-refractivity contribution in [2.45, 2.75) is 31.6 Å². The first-order valence-corrected chi connectivity index (χ1v) is 8.64. The Balaban J connectivity index is 1.94. The van der Waals surface area contributed by atoms with E-state index >= 15 is 0 Å². The van der Waals surface area contributed by atoms with Gasteiger partial charge in [-0.05, 0) is 29.7 Å². The molecular weight excluding hydrogens is 290 g/mol. The molecule has 0 aromatic heterocycles. The third-order valence-corrected chi connectivity index (χ3v) is 4.80. The summed E-state index contributed by atoms with van der Waals surface area (Å²) < 4.78 is 0. The number of amides is 1. The average Bonchev–Trinajstić information content (AvgIpc) is 2.53. The van der Waals surface area contributed by atoms with E-state index in [1.807, 2.05) is 43.3 Å². The first kappa shape index (κ1) is 16.6. The van der Waals surface area contributed by atoms with Gasteiger partial charge in [0.25, 0.3) is 0 Å². The highest BCUT2D eigenvalue weighted by Gasteiger charge is 2.15. The van der Waals surface area contributed by atoms with Crippen molar-refractivity contribution >= 4 is 23.4 Å². The molecule has 0 aliphatic carbocycles. The molecule has 3 heteroatoms. The van der Waals surface area contributed by atoms with Gasteiger partial charge in [0.05, 0.1) is 0 Å². The van der Waals surface area contributed by atoms with Gasteiger partial charge in [0.1, 0.15) is 0 Å². The Hall–Kier alpha value is -1.74. The summed E-state index contributed by atoms with van der Waals surface area (Å²) in [7, 11) is 0. The van der Waals surface area contributed by atoms with E-state index < -0.39 is 0 Å². The number of carbonyl (C=O) groups is 1. The van der Waals surface area contributed by atoms with Crippen LogP contribution in [0.25, 0.3) is 0 Å². The Morgan fingerprint density at radius 2 is 1.64 bits per heavy atom. The average molecular weight is 313 g/mol. The quantitative estimate of drug-likeness (QED) is 0.745. The maximum Gasteiger partial charge on any atom is 0.228 e. The van der Waals surface area contributed by atoms with Crippen LogP contribution in [0.5, 0.6) is 0 Å². The lowest BCUT2D eigenvalue weighted by Gasteiger charge is -2.16. The largest absolute Gasteiger partial charge is 0.326 e. The third kappa shape index (κ3) is 4.63. The van der Waals surface area contributed by atoms with Gasteiger partial charge in [-0.15, -0.1) is 11.8 Å². The zero-order valence-corrected chi connectivity index (χ0v) is 14.2. The fraction of sp³-hybridized carbons (Fsp3) is 0.316. The summed E-state index contributed by atoms with van der Waals surface area (Å²) in [5.74, 6) is 1.21. The summed E-state index contributed by atoms with van der Waals surface area (Å²) in [6, 6.07) is 18.2. The van der Waals surface area contributed by atoms with Gasteiger partial charge >= 0.3 is 0 Å². The van der Waals surface area contributed by atoms with Crippen molar-refractivity contribution in [3.8, 4) is 0 Å². The Morgan fingerprint density at radius 3 is 2.32 bits per heavy atom. The Labute approximate surface area is 137 Å². The molecule has 0 saturated carbocycles. The molecule has 1 amide bonds. The van der Waals surface area contributed by atoms with Crippen LogP contribution >= 0.6 is 11.8 Å². The molecule has 0 radical (unpaired) electrons. The van der Waals surface area contributed by atoms with E-state index in [9.17, 15) is 4.79 Å². The maximum atomic E-state index is 12.4. The minimum absolute atomic E-state index is 0.0366. The summed E-state index contributed by atoms with van der Waals surface area (Å²) >= 11 is 1.72. The summed E-state index contributed by atoms with van der Waals surface area (Å²) in [6.45, 7) is 6.25. The van der Waals surface area contributed by atoms with Crippen LogP contribution in [-0.4, -0.2) is 11.7 Å². The van der Waals surface area contributed by atoms with Gasteiger partial charge in [0, 0.05) is 22.3 Å². The molecule has 1 atom stereocenters. The molecule has 0 saturated heterocycles. The number of rotatable bonds is 6. The number of hydrogen-bond donors (Lipinski definition) is 1. The van der Waals surface area contributed by atoms with Crippen LogP contribution in [0.2, 0.25) is 0 Å². The molecule has 0 bridgehead atoms. The van der Waals surface area contributed by atoms with Crippen LogP contribution in [0.3, 0.4) is 0 Å². The molecule has 1 N–H and O–H groups in total. The predicted molar refractivity (Wildman–Crippen MR) is 95.5 cm³/mol. The minimum atomic E-state index is -0.0366. The molecule has 2 nitrogen and oxygen atoms in total. The van der Waals surface area contributed by atoms with Crippen molar-refractivity contribution in [1.82, 2.24) is 0 Å². The van der Waals surface area contributed by atoms with Crippen molar-refractivity contribution in [2.75, 3.05) is 11.1 Å². The van der Waals surface area contributed by atoms with Gasteiger partial charge in [0.15, 0.2) is 0 Å². The van der Waals surface area contributed by atoms with Crippen LogP contribution in [0.4, 0.5) is 5.69 Å². The van der Waals surface area contributed by atoms with Gasteiger partial charge in [-0.25, -0.2) is 0 Å². The molecular formula is C19H23NOS. The first-order valence-electron chi connectivity index (χ1n) is 7.65. The second kappa shape index (κ2) is 8.04. The van der Waals surface area contributed by atoms with Crippen molar-refractivity contribution < 1.29 is 4.79 Å². The number of benzene rings is 2. The SMILES string of the molecule is CC(CSc1ccccc1)C(=O)Nc1ccccc1C(C)C.